The summed E-state index contributed by atoms with van der Waals surface area (Å²) in [6, 6.07) is 5.38. The zero-order valence-electron chi connectivity index (χ0n) is 10.0. The Kier molecular flexibility index (Phi) is 3.70. The third-order valence-electron chi connectivity index (χ3n) is 2.28. The molecule has 0 radical (unpaired) electrons. The first-order valence-electron chi connectivity index (χ1n) is 5.33. The summed E-state index contributed by atoms with van der Waals surface area (Å²) in [4.78, 5) is 17.8. The second-order valence-corrected chi connectivity index (χ2v) is 3.55. The molecule has 0 saturated heterocycles. The number of nitrogens with zero attached hydrogens (tertiary/aromatic N) is 4. The van der Waals surface area contributed by atoms with Gasteiger partial charge in [0.05, 0.1) is 4.92 Å². The van der Waals surface area contributed by atoms with Gasteiger partial charge in [-0.2, -0.15) is 0 Å². The highest BCUT2D eigenvalue weighted by Crippen LogP contribution is 2.23. The van der Waals surface area contributed by atoms with Gasteiger partial charge in [-0.1, -0.05) is 5.16 Å². The molecule has 0 aliphatic heterocycles. The summed E-state index contributed by atoms with van der Waals surface area (Å²) in [5.41, 5.74) is 5.44. The van der Waals surface area contributed by atoms with Crippen molar-refractivity contribution in [2.24, 2.45) is 10.9 Å². The second-order valence-electron chi connectivity index (χ2n) is 3.55. The number of nitro groups is 1. The molecule has 0 fully saturated rings. The average Bonchev–Trinajstić information content (AvgIpc) is 2.47. The molecule has 1 aromatic carbocycles. The van der Waals surface area contributed by atoms with Crippen LogP contribution < -0.4 is 10.5 Å². The van der Waals surface area contributed by atoms with Gasteiger partial charge in [0.1, 0.15) is 5.75 Å². The molecule has 0 atom stereocenters. The van der Waals surface area contributed by atoms with Gasteiger partial charge < -0.3 is 15.7 Å². The number of nitrogens with two attached hydrogens (primary N) is 1. The van der Waals surface area contributed by atoms with Crippen LogP contribution in [0.2, 0.25) is 0 Å². The molecule has 9 nitrogen and oxygen atoms in total. The van der Waals surface area contributed by atoms with E-state index in [1.165, 1.54) is 36.7 Å². The molecule has 102 valence electrons. The van der Waals surface area contributed by atoms with E-state index in [-0.39, 0.29) is 23.1 Å². The van der Waals surface area contributed by atoms with Gasteiger partial charge in [0.15, 0.2) is 11.5 Å². The van der Waals surface area contributed by atoms with Crippen LogP contribution in [0, 0.1) is 10.1 Å². The van der Waals surface area contributed by atoms with E-state index in [4.69, 9.17) is 15.7 Å². The molecule has 20 heavy (non-hydrogen) atoms. The lowest BCUT2D eigenvalue weighted by molar-refractivity contribution is -0.384. The molecule has 0 saturated carbocycles. The molecule has 0 spiro atoms. The number of ether oxygens (including phenoxy) is 1. The zero-order valence-corrected chi connectivity index (χ0v) is 10.0. The minimum atomic E-state index is -0.520. The van der Waals surface area contributed by atoms with Gasteiger partial charge in [0.25, 0.3) is 5.69 Å². The minimum absolute atomic E-state index is 0.0247. The number of hydrogen-bond donors (Lipinski definition) is 2. The van der Waals surface area contributed by atoms with Crippen molar-refractivity contribution in [1.29, 1.82) is 0 Å². The van der Waals surface area contributed by atoms with Crippen molar-refractivity contribution in [3.63, 3.8) is 0 Å². The van der Waals surface area contributed by atoms with Gasteiger partial charge in [-0.3, -0.25) is 10.1 Å². The van der Waals surface area contributed by atoms with E-state index in [0.29, 0.717) is 5.75 Å². The van der Waals surface area contributed by atoms with E-state index in [1.54, 1.807) is 0 Å². The molecule has 1 heterocycles. The first-order valence-corrected chi connectivity index (χ1v) is 5.33. The minimum Gasteiger partial charge on any atom is -0.437 e. The van der Waals surface area contributed by atoms with Crippen LogP contribution in [0.5, 0.6) is 11.6 Å². The van der Waals surface area contributed by atoms with Crippen LogP contribution in [0.15, 0.2) is 41.8 Å². The fourth-order valence-electron chi connectivity index (χ4n) is 1.37. The van der Waals surface area contributed by atoms with E-state index in [0.717, 1.165) is 0 Å². The summed E-state index contributed by atoms with van der Waals surface area (Å²) >= 11 is 0. The molecule has 2 aromatic rings. The molecule has 0 bridgehead atoms. The maximum absolute atomic E-state index is 10.5. The van der Waals surface area contributed by atoms with E-state index < -0.39 is 4.92 Å². The lowest BCUT2D eigenvalue weighted by Crippen LogP contribution is -2.16. The molecule has 2 rings (SSSR count). The predicted molar refractivity (Wildman–Crippen MR) is 67.7 cm³/mol. The number of non-ortho nitro benzene ring substituents is 1. The smallest absolute Gasteiger partial charge is 0.269 e. The fraction of sp³-hybridized carbons (Fsp3) is 0. The van der Waals surface area contributed by atoms with E-state index >= 15 is 0 Å². The number of aromatic nitrogens is 2. The van der Waals surface area contributed by atoms with Crippen molar-refractivity contribution in [3.05, 3.63) is 52.5 Å². The first-order chi connectivity index (χ1) is 9.61. The molecule has 0 amide bonds. The molecule has 0 aliphatic carbocycles. The largest absolute Gasteiger partial charge is 0.437 e. The van der Waals surface area contributed by atoms with Crippen molar-refractivity contribution < 1.29 is 14.9 Å². The summed E-state index contributed by atoms with van der Waals surface area (Å²) in [7, 11) is 0. The van der Waals surface area contributed by atoms with Gasteiger partial charge in [0, 0.05) is 24.5 Å². The van der Waals surface area contributed by atoms with E-state index in [9.17, 15) is 10.1 Å². The maximum Gasteiger partial charge on any atom is 0.269 e. The van der Waals surface area contributed by atoms with Gasteiger partial charge in [-0.05, 0) is 12.1 Å². The van der Waals surface area contributed by atoms with Crippen LogP contribution in [-0.2, 0) is 0 Å². The highest BCUT2D eigenvalue weighted by molar-refractivity contribution is 5.97. The Labute approximate surface area is 112 Å². The first kappa shape index (κ1) is 13.2. The van der Waals surface area contributed by atoms with Crippen molar-refractivity contribution in [2.45, 2.75) is 0 Å². The third kappa shape index (κ3) is 2.77. The summed E-state index contributed by atoms with van der Waals surface area (Å²) in [6.07, 6.45) is 2.73. The Morgan fingerprint density at radius 3 is 2.55 bits per heavy atom. The number of benzene rings is 1. The van der Waals surface area contributed by atoms with Gasteiger partial charge in [-0.25, -0.2) is 9.97 Å². The number of oxime groups is 1. The highest BCUT2D eigenvalue weighted by Gasteiger charge is 2.13. The normalized spacial score (nSPS) is 11.1. The number of amidine groups is 1. The molecule has 3 N–H and O–H groups in total. The number of rotatable bonds is 4. The average molecular weight is 275 g/mol. The van der Waals surface area contributed by atoms with Crippen LogP contribution in [-0.4, -0.2) is 25.9 Å². The van der Waals surface area contributed by atoms with Crippen LogP contribution in [0.3, 0.4) is 0 Å². The molecule has 9 heteroatoms. The molecular formula is C11H9N5O4. The van der Waals surface area contributed by atoms with Crippen LogP contribution in [0.1, 0.15) is 5.69 Å². The summed E-state index contributed by atoms with van der Waals surface area (Å²) < 4.78 is 5.40. The lowest BCUT2D eigenvalue weighted by Gasteiger charge is -2.07. The van der Waals surface area contributed by atoms with Crippen molar-refractivity contribution >= 4 is 11.5 Å². The van der Waals surface area contributed by atoms with Crippen molar-refractivity contribution in [1.82, 2.24) is 9.97 Å². The summed E-state index contributed by atoms with van der Waals surface area (Å²) in [6.45, 7) is 0. The third-order valence-corrected chi connectivity index (χ3v) is 2.28. The van der Waals surface area contributed by atoms with E-state index in [2.05, 4.69) is 15.1 Å². The number of hydrogen-bond acceptors (Lipinski definition) is 7. The Morgan fingerprint density at radius 1 is 1.30 bits per heavy atom. The summed E-state index contributed by atoms with van der Waals surface area (Å²) in [5, 5.41) is 22.0. The topological polar surface area (TPSA) is 137 Å². The zero-order chi connectivity index (χ0) is 14.5. The van der Waals surface area contributed by atoms with Crippen molar-refractivity contribution in [2.75, 3.05) is 0 Å². The quantitative estimate of drug-likeness (QED) is 0.282. The monoisotopic (exact) mass is 275 g/mol. The van der Waals surface area contributed by atoms with Gasteiger partial charge in [-0.15, -0.1) is 0 Å². The molecule has 1 aromatic heterocycles. The standard InChI is InChI=1S/C11H9N5O4/c12-10(15-17)9-11(14-6-5-13-9)20-8-3-1-7(2-4-8)16(18)19/h1-6,17H,(H2,12,15). The maximum atomic E-state index is 10.5. The lowest BCUT2D eigenvalue weighted by atomic mass is 10.3. The molecule has 0 unspecified atom stereocenters. The fourth-order valence-corrected chi connectivity index (χ4v) is 1.37. The highest BCUT2D eigenvalue weighted by atomic mass is 16.6. The van der Waals surface area contributed by atoms with Gasteiger partial charge in [0.2, 0.25) is 5.88 Å². The Balaban J connectivity index is 2.28. The summed E-state index contributed by atoms with van der Waals surface area (Å²) in [5.74, 6) is 0.0785. The van der Waals surface area contributed by atoms with Crippen LogP contribution in [0.25, 0.3) is 0 Å². The SMILES string of the molecule is NC(=NO)c1nccnc1Oc1ccc([N+](=O)[O-])cc1. The van der Waals surface area contributed by atoms with E-state index in [1.807, 2.05) is 0 Å². The Hall–Kier alpha value is -3.23. The predicted octanol–water partition coefficient (Wildman–Crippen LogP) is 1.27. The van der Waals surface area contributed by atoms with Crippen LogP contribution >= 0.6 is 0 Å². The van der Waals surface area contributed by atoms with Crippen molar-refractivity contribution in [3.8, 4) is 11.6 Å². The molecular weight excluding hydrogens is 266 g/mol. The second kappa shape index (κ2) is 5.61. The van der Waals surface area contributed by atoms with Crippen LogP contribution in [0.4, 0.5) is 5.69 Å². The Morgan fingerprint density at radius 2 is 1.95 bits per heavy atom. The van der Waals surface area contributed by atoms with Gasteiger partial charge >= 0.3 is 0 Å². The molecule has 0 aliphatic rings. The number of nitro benzene ring substituents is 1. The Bertz CT molecular complexity index is 656.